The van der Waals surface area contributed by atoms with Crippen LogP contribution in [0.15, 0.2) is 24.5 Å². The highest BCUT2D eigenvalue weighted by molar-refractivity contribution is 5.66. The van der Waals surface area contributed by atoms with Crippen LogP contribution < -0.4 is 25.3 Å². The predicted molar refractivity (Wildman–Crippen MR) is 72.9 cm³/mol. The summed E-state index contributed by atoms with van der Waals surface area (Å²) in [6.07, 6.45) is 1.40. The number of fused-ring (bicyclic) bond motifs is 1. The van der Waals surface area contributed by atoms with Gasteiger partial charge in [-0.3, -0.25) is 0 Å². The fourth-order valence-corrected chi connectivity index (χ4v) is 1.92. The molecule has 0 spiro atoms. The Kier molecular flexibility index (Phi) is 3.16. The molecule has 7 nitrogen and oxygen atoms in total. The van der Waals surface area contributed by atoms with Crippen LogP contribution in [0.25, 0.3) is 0 Å². The number of nitrogen functional groups attached to an aromatic ring is 1. The molecule has 3 rings (SSSR count). The molecule has 1 aliphatic rings. The van der Waals surface area contributed by atoms with Gasteiger partial charge in [-0.15, -0.1) is 0 Å². The van der Waals surface area contributed by atoms with Gasteiger partial charge in [-0.1, -0.05) is 6.07 Å². The molecule has 104 valence electrons. The fraction of sp³-hybridized carbons (Fsp3) is 0.231. The van der Waals surface area contributed by atoms with E-state index in [2.05, 4.69) is 15.3 Å². The monoisotopic (exact) mass is 274 g/mol. The molecule has 0 radical (unpaired) electrons. The lowest BCUT2D eigenvalue weighted by atomic mass is 10.2. The number of nitrogens with one attached hydrogen (secondary N) is 1. The number of hydrogen-bond donors (Lipinski definition) is 2. The first-order chi connectivity index (χ1) is 9.78. The second kappa shape index (κ2) is 5.12. The topological polar surface area (TPSA) is 91.5 Å². The van der Waals surface area contributed by atoms with E-state index >= 15 is 0 Å². The number of nitrogens with zero attached hydrogens (tertiary/aromatic N) is 2. The van der Waals surface area contributed by atoms with E-state index in [1.54, 1.807) is 0 Å². The second-order valence-corrected chi connectivity index (χ2v) is 4.19. The summed E-state index contributed by atoms with van der Waals surface area (Å²) in [5.41, 5.74) is 7.31. The summed E-state index contributed by atoms with van der Waals surface area (Å²) in [5.74, 6) is 2.40. The van der Waals surface area contributed by atoms with E-state index in [1.165, 1.54) is 13.4 Å². The van der Waals surface area contributed by atoms with Crippen molar-refractivity contribution < 1.29 is 14.2 Å². The molecule has 1 aromatic heterocycles. The van der Waals surface area contributed by atoms with Crippen molar-refractivity contribution in [3.8, 4) is 17.4 Å². The smallest absolute Gasteiger partial charge is 0.242 e. The highest BCUT2D eigenvalue weighted by Crippen LogP contribution is 2.33. The fourth-order valence-electron chi connectivity index (χ4n) is 1.92. The van der Waals surface area contributed by atoms with E-state index in [4.69, 9.17) is 19.9 Å². The van der Waals surface area contributed by atoms with Crippen LogP contribution in [0.5, 0.6) is 17.4 Å². The average Bonchev–Trinajstić information content (AvgIpc) is 2.93. The first-order valence-corrected chi connectivity index (χ1v) is 6.05. The van der Waals surface area contributed by atoms with E-state index in [-0.39, 0.29) is 6.79 Å². The van der Waals surface area contributed by atoms with Crippen LogP contribution >= 0.6 is 0 Å². The molecule has 1 aliphatic heterocycles. The molecule has 0 aliphatic carbocycles. The molecular weight excluding hydrogens is 260 g/mol. The van der Waals surface area contributed by atoms with Gasteiger partial charge < -0.3 is 25.3 Å². The second-order valence-electron chi connectivity index (χ2n) is 4.19. The van der Waals surface area contributed by atoms with Crippen LogP contribution in [0, 0.1) is 0 Å². The summed E-state index contributed by atoms with van der Waals surface area (Å²) < 4.78 is 15.6. The number of ether oxygens (including phenoxy) is 3. The maximum absolute atomic E-state index is 5.89. The minimum Gasteiger partial charge on any atom is -0.479 e. The summed E-state index contributed by atoms with van der Waals surface area (Å²) in [6.45, 7) is 0.823. The zero-order chi connectivity index (χ0) is 13.9. The number of hydrogen-bond acceptors (Lipinski definition) is 7. The van der Waals surface area contributed by atoms with Gasteiger partial charge in [0.25, 0.3) is 0 Å². The Bertz CT molecular complexity index is 633. The van der Waals surface area contributed by atoms with Crippen LogP contribution in [0.4, 0.5) is 11.5 Å². The first-order valence-electron chi connectivity index (χ1n) is 6.05. The van der Waals surface area contributed by atoms with Crippen LogP contribution in [0.1, 0.15) is 5.56 Å². The third-order valence-electron chi connectivity index (χ3n) is 2.94. The van der Waals surface area contributed by atoms with E-state index in [0.29, 0.717) is 23.9 Å². The molecule has 0 saturated carbocycles. The molecule has 0 saturated heterocycles. The minimum absolute atomic E-state index is 0.266. The number of nitrogens with two attached hydrogens (primary N) is 1. The third kappa shape index (κ3) is 2.25. The average molecular weight is 274 g/mol. The van der Waals surface area contributed by atoms with Gasteiger partial charge >= 0.3 is 0 Å². The van der Waals surface area contributed by atoms with E-state index in [0.717, 1.165) is 17.1 Å². The van der Waals surface area contributed by atoms with Gasteiger partial charge in [0.1, 0.15) is 12.0 Å². The SMILES string of the molecule is COc1ncnc(NCc2ccc3c(c2)OCO3)c1N. The van der Waals surface area contributed by atoms with E-state index < -0.39 is 0 Å². The standard InChI is InChI=1S/C13H14N4O3/c1-18-13-11(14)12(16-6-17-13)15-5-8-2-3-9-10(4-8)20-7-19-9/h2-4,6H,5,7,14H2,1H3,(H,15,16,17). The zero-order valence-corrected chi connectivity index (χ0v) is 10.9. The van der Waals surface area contributed by atoms with Crippen LogP contribution in [-0.2, 0) is 6.54 Å². The first kappa shape index (κ1) is 12.3. The maximum Gasteiger partial charge on any atom is 0.242 e. The molecule has 2 aromatic rings. The number of rotatable bonds is 4. The van der Waals surface area contributed by atoms with E-state index in [9.17, 15) is 0 Å². The highest BCUT2D eigenvalue weighted by Gasteiger charge is 2.13. The lowest BCUT2D eigenvalue weighted by Gasteiger charge is -2.10. The molecule has 2 heterocycles. The van der Waals surface area contributed by atoms with Gasteiger partial charge in [0.15, 0.2) is 17.3 Å². The number of methoxy groups -OCH3 is 1. The molecular formula is C13H14N4O3. The van der Waals surface area contributed by atoms with Gasteiger partial charge in [0.2, 0.25) is 12.7 Å². The van der Waals surface area contributed by atoms with Gasteiger partial charge in [-0.25, -0.2) is 4.98 Å². The molecule has 1 aromatic carbocycles. The van der Waals surface area contributed by atoms with Crippen molar-refractivity contribution in [1.82, 2.24) is 9.97 Å². The van der Waals surface area contributed by atoms with Crippen molar-refractivity contribution in [2.75, 3.05) is 25.0 Å². The number of aromatic nitrogens is 2. The van der Waals surface area contributed by atoms with Gasteiger partial charge in [0.05, 0.1) is 7.11 Å². The van der Waals surface area contributed by atoms with Crippen molar-refractivity contribution in [2.45, 2.75) is 6.54 Å². The van der Waals surface area contributed by atoms with Crippen molar-refractivity contribution in [1.29, 1.82) is 0 Å². The van der Waals surface area contributed by atoms with Crippen molar-refractivity contribution in [2.24, 2.45) is 0 Å². The Morgan fingerprint density at radius 2 is 2.15 bits per heavy atom. The third-order valence-corrected chi connectivity index (χ3v) is 2.94. The maximum atomic E-state index is 5.89. The Labute approximate surface area is 115 Å². The van der Waals surface area contributed by atoms with Gasteiger partial charge in [-0.05, 0) is 17.7 Å². The Hall–Kier alpha value is -2.70. The number of benzene rings is 1. The predicted octanol–water partition coefficient (Wildman–Crippen LogP) is 1.41. The normalized spacial score (nSPS) is 12.2. The zero-order valence-electron chi connectivity index (χ0n) is 10.9. The minimum atomic E-state index is 0.266. The molecule has 0 fully saturated rings. The lowest BCUT2D eigenvalue weighted by molar-refractivity contribution is 0.174. The Morgan fingerprint density at radius 3 is 3.00 bits per heavy atom. The summed E-state index contributed by atoms with van der Waals surface area (Å²) in [6, 6.07) is 5.75. The molecule has 20 heavy (non-hydrogen) atoms. The van der Waals surface area contributed by atoms with Crippen molar-refractivity contribution >= 4 is 11.5 Å². The van der Waals surface area contributed by atoms with Gasteiger partial charge in [0, 0.05) is 6.54 Å². The molecule has 7 heteroatoms. The van der Waals surface area contributed by atoms with Crippen LogP contribution in [0.3, 0.4) is 0 Å². The van der Waals surface area contributed by atoms with Crippen LogP contribution in [-0.4, -0.2) is 23.9 Å². The molecule has 0 bridgehead atoms. The Balaban J connectivity index is 1.73. The largest absolute Gasteiger partial charge is 0.479 e. The van der Waals surface area contributed by atoms with Crippen molar-refractivity contribution in [3.63, 3.8) is 0 Å². The highest BCUT2D eigenvalue weighted by atomic mass is 16.7. The summed E-state index contributed by atoms with van der Waals surface area (Å²) >= 11 is 0. The Morgan fingerprint density at radius 1 is 1.30 bits per heavy atom. The molecule has 0 atom stereocenters. The molecule has 0 amide bonds. The van der Waals surface area contributed by atoms with Gasteiger partial charge in [-0.2, -0.15) is 4.98 Å². The quantitative estimate of drug-likeness (QED) is 0.870. The van der Waals surface area contributed by atoms with Crippen molar-refractivity contribution in [3.05, 3.63) is 30.1 Å². The molecule has 0 unspecified atom stereocenters. The van der Waals surface area contributed by atoms with E-state index in [1.807, 2.05) is 18.2 Å². The summed E-state index contributed by atoms with van der Waals surface area (Å²) in [4.78, 5) is 8.02. The van der Waals surface area contributed by atoms with Crippen LogP contribution in [0.2, 0.25) is 0 Å². The lowest BCUT2D eigenvalue weighted by Crippen LogP contribution is -2.06. The number of anilines is 2. The summed E-state index contributed by atoms with van der Waals surface area (Å²) in [5, 5.41) is 3.14. The molecule has 3 N–H and O–H groups in total. The summed E-state index contributed by atoms with van der Waals surface area (Å²) in [7, 11) is 1.51.